The molecule has 0 saturated carbocycles. The molecule has 3 aromatic carbocycles. The van der Waals surface area contributed by atoms with Gasteiger partial charge >= 0.3 is 0 Å². The van der Waals surface area contributed by atoms with Gasteiger partial charge < -0.3 is 10.1 Å². The molecule has 0 radical (unpaired) electrons. The van der Waals surface area contributed by atoms with Crippen molar-refractivity contribution in [2.75, 3.05) is 17.1 Å². The summed E-state index contributed by atoms with van der Waals surface area (Å²) in [4.78, 5) is 12.8. The van der Waals surface area contributed by atoms with Crippen LogP contribution in [0.2, 0.25) is 0 Å². The standard InChI is InChI=1S/C23H20N4O4S/c1-31-19-11-7-8-17(14-19)25-23(28)21-12-5-6-13-22(21)26-32(29,30)20-15-24-27(16-20)18-9-3-2-4-10-18/h2-16,26H,1H3,(H,25,28). The van der Waals surface area contributed by atoms with Gasteiger partial charge in [-0.3, -0.25) is 9.52 Å². The van der Waals surface area contributed by atoms with Crippen molar-refractivity contribution in [2.24, 2.45) is 0 Å². The molecule has 9 heteroatoms. The summed E-state index contributed by atoms with van der Waals surface area (Å²) in [7, 11) is -2.44. The molecular weight excluding hydrogens is 428 g/mol. The number of hydrogen-bond donors (Lipinski definition) is 2. The lowest BCUT2D eigenvalue weighted by Gasteiger charge is -2.12. The Bertz CT molecular complexity index is 1350. The molecule has 8 nitrogen and oxygen atoms in total. The summed E-state index contributed by atoms with van der Waals surface area (Å²) < 4.78 is 35.0. The summed E-state index contributed by atoms with van der Waals surface area (Å²) in [6, 6.07) is 22.4. The van der Waals surface area contributed by atoms with E-state index in [-0.39, 0.29) is 16.1 Å². The molecule has 0 saturated heterocycles. The van der Waals surface area contributed by atoms with Crippen LogP contribution in [0.4, 0.5) is 11.4 Å². The number of carbonyl (C=O) groups is 1. The Morgan fingerprint density at radius 3 is 2.50 bits per heavy atom. The van der Waals surface area contributed by atoms with Crippen molar-refractivity contribution in [3.05, 3.63) is 96.8 Å². The normalized spacial score (nSPS) is 11.0. The van der Waals surface area contributed by atoms with Crippen molar-refractivity contribution in [3.8, 4) is 11.4 Å². The summed E-state index contributed by atoms with van der Waals surface area (Å²) in [5.41, 5.74) is 1.58. The van der Waals surface area contributed by atoms with Gasteiger partial charge in [-0.15, -0.1) is 0 Å². The van der Waals surface area contributed by atoms with Crippen molar-refractivity contribution < 1.29 is 17.9 Å². The first-order valence-electron chi connectivity index (χ1n) is 9.63. The Morgan fingerprint density at radius 1 is 0.969 bits per heavy atom. The van der Waals surface area contributed by atoms with Gasteiger partial charge in [0.15, 0.2) is 0 Å². The van der Waals surface area contributed by atoms with Crippen molar-refractivity contribution in [1.82, 2.24) is 9.78 Å². The van der Waals surface area contributed by atoms with Gasteiger partial charge in [-0.25, -0.2) is 13.1 Å². The predicted octanol–water partition coefficient (Wildman–Crippen LogP) is 3.93. The van der Waals surface area contributed by atoms with Crippen molar-refractivity contribution in [3.63, 3.8) is 0 Å². The van der Waals surface area contributed by atoms with E-state index in [4.69, 9.17) is 4.74 Å². The third-order valence-corrected chi connectivity index (χ3v) is 5.95. The van der Waals surface area contributed by atoms with Gasteiger partial charge in [-0.05, 0) is 36.4 Å². The number of sulfonamides is 1. The van der Waals surface area contributed by atoms with Gasteiger partial charge in [0.1, 0.15) is 10.6 Å². The second kappa shape index (κ2) is 8.94. The van der Waals surface area contributed by atoms with Crippen LogP contribution >= 0.6 is 0 Å². The van der Waals surface area contributed by atoms with Crippen molar-refractivity contribution in [1.29, 1.82) is 0 Å². The van der Waals surface area contributed by atoms with Crippen LogP contribution in [0.25, 0.3) is 5.69 Å². The molecule has 1 aromatic heterocycles. The highest BCUT2D eigenvalue weighted by atomic mass is 32.2. The number of rotatable bonds is 7. The molecule has 4 rings (SSSR count). The maximum atomic E-state index is 13.0. The molecule has 0 atom stereocenters. The molecule has 162 valence electrons. The molecular formula is C23H20N4O4S. The van der Waals surface area contributed by atoms with Gasteiger partial charge in [-0.1, -0.05) is 36.4 Å². The fourth-order valence-electron chi connectivity index (χ4n) is 3.04. The van der Waals surface area contributed by atoms with E-state index in [1.165, 1.54) is 30.3 Å². The lowest BCUT2D eigenvalue weighted by atomic mass is 10.1. The number of aromatic nitrogens is 2. The van der Waals surface area contributed by atoms with Crippen LogP contribution in [0.5, 0.6) is 5.75 Å². The quantitative estimate of drug-likeness (QED) is 0.446. The van der Waals surface area contributed by atoms with E-state index >= 15 is 0 Å². The minimum Gasteiger partial charge on any atom is -0.497 e. The molecule has 0 fully saturated rings. The van der Waals surface area contributed by atoms with E-state index < -0.39 is 15.9 Å². The Balaban J connectivity index is 1.57. The monoisotopic (exact) mass is 448 g/mol. The number of carbonyl (C=O) groups excluding carboxylic acids is 1. The number of ether oxygens (including phenoxy) is 1. The van der Waals surface area contributed by atoms with Crippen LogP contribution in [0.3, 0.4) is 0 Å². The first-order chi connectivity index (χ1) is 15.5. The molecule has 0 unspecified atom stereocenters. The predicted molar refractivity (Wildman–Crippen MR) is 122 cm³/mol. The zero-order valence-corrected chi connectivity index (χ0v) is 17.9. The van der Waals surface area contributed by atoms with Crippen LogP contribution < -0.4 is 14.8 Å². The number of amides is 1. The number of nitrogens with one attached hydrogen (secondary N) is 2. The molecule has 1 heterocycles. The highest BCUT2D eigenvalue weighted by Gasteiger charge is 2.20. The maximum absolute atomic E-state index is 13.0. The van der Waals surface area contributed by atoms with Crippen LogP contribution in [0.15, 0.2) is 96.2 Å². The van der Waals surface area contributed by atoms with Gasteiger partial charge in [-0.2, -0.15) is 5.10 Å². The summed E-state index contributed by atoms with van der Waals surface area (Å²) in [5.74, 6) is 0.128. The number of anilines is 2. The average molecular weight is 449 g/mol. The summed E-state index contributed by atoms with van der Waals surface area (Å²) >= 11 is 0. The lowest BCUT2D eigenvalue weighted by molar-refractivity contribution is 0.102. The minimum absolute atomic E-state index is 0.0237. The van der Waals surface area contributed by atoms with Gasteiger partial charge in [0.2, 0.25) is 0 Å². The second-order valence-corrected chi connectivity index (χ2v) is 8.48. The first-order valence-corrected chi connectivity index (χ1v) is 11.1. The molecule has 0 aliphatic carbocycles. The van der Waals surface area contributed by atoms with Gasteiger partial charge in [0.05, 0.1) is 36.4 Å². The number of para-hydroxylation sites is 2. The molecule has 0 bridgehead atoms. The molecule has 32 heavy (non-hydrogen) atoms. The van der Waals surface area contributed by atoms with E-state index in [0.717, 1.165) is 5.69 Å². The summed E-state index contributed by atoms with van der Waals surface area (Å²) in [5, 5.41) is 6.88. The van der Waals surface area contributed by atoms with Crippen LogP contribution in [0, 0.1) is 0 Å². The first kappa shape index (κ1) is 21.1. The number of methoxy groups -OCH3 is 1. The van der Waals surface area contributed by atoms with Crippen molar-refractivity contribution >= 4 is 27.3 Å². The molecule has 0 aliphatic heterocycles. The Morgan fingerprint density at radius 2 is 1.72 bits per heavy atom. The Labute approximate surface area is 185 Å². The topological polar surface area (TPSA) is 102 Å². The molecule has 2 N–H and O–H groups in total. The summed E-state index contributed by atoms with van der Waals surface area (Å²) in [6.45, 7) is 0. The van der Waals surface area contributed by atoms with Gasteiger partial charge in [0.25, 0.3) is 15.9 Å². The molecule has 0 aliphatic rings. The molecule has 4 aromatic rings. The number of benzene rings is 3. The van der Waals surface area contributed by atoms with Crippen LogP contribution in [0.1, 0.15) is 10.4 Å². The van der Waals surface area contributed by atoms with E-state index in [2.05, 4.69) is 15.1 Å². The fourth-order valence-corrected chi connectivity index (χ4v) is 4.05. The van der Waals surface area contributed by atoms with E-state index in [9.17, 15) is 13.2 Å². The zero-order valence-electron chi connectivity index (χ0n) is 17.1. The smallest absolute Gasteiger partial charge is 0.265 e. The lowest BCUT2D eigenvalue weighted by Crippen LogP contribution is -2.18. The second-order valence-electron chi connectivity index (χ2n) is 6.79. The van der Waals surface area contributed by atoms with Gasteiger partial charge in [0, 0.05) is 11.8 Å². The third kappa shape index (κ3) is 4.62. The van der Waals surface area contributed by atoms with Crippen molar-refractivity contribution in [2.45, 2.75) is 4.90 Å². The zero-order chi connectivity index (χ0) is 22.6. The number of nitrogens with zero attached hydrogens (tertiary/aromatic N) is 2. The molecule has 1 amide bonds. The minimum atomic E-state index is -3.97. The highest BCUT2D eigenvalue weighted by Crippen LogP contribution is 2.23. The van der Waals surface area contributed by atoms with Crippen LogP contribution in [-0.4, -0.2) is 31.2 Å². The van der Waals surface area contributed by atoms with Crippen LogP contribution in [-0.2, 0) is 10.0 Å². The fraction of sp³-hybridized carbons (Fsp3) is 0.0435. The largest absolute Gasteiger partial charge is 0.497 e. The van der Waals surface area contributed by atoms with E-state index in [1.807, 2.05) is 30.3 Å². The molecule has 0 spiro atoms. The Hall–Kier alpha value is -4.11. The average Bonchev–Trinajstić information content (AvgIpc) is 3.31. The SMILES string of the molecule is COc1cccc(NC(=O)c2ccccc2NS(=O)(=O)c2cnn(-c3ccccc3)c2)c1. The Kier molecular flexibility index (Phi) is 5.91. The number of hydrogen-bond acceptors (Lipinski definition) is 5. The maximum Gasteiger partial charge on any atom is 0.265 e. The van der Waals surface area contributed by atoms with E-state index in [1.54, 1.807) is 42.5 Å². The third-order valence-electron chi connectivity index (χ3n) is 4.63. The van der Waals surface area contributed by atoms with E-state index in [0.29, 0.717) is 11.4 Å². The highest BCUT2D eigenvalue weighted by molar-refractivity contribution is 7.92. The summed E-state index contributed by atoms with van der Waals surface area (Å²) in [6.07, 6.45) is 2.67.